The first-order chi connectivity index (χ1) is 8.80. The van der Waals surface area contributed by atoms with Crippen LogP contribution in [0, 0.1) is 0 Å². The number of ether oxygens (including phenoxy) is 2. The van der Waals surface area contributed by atoms with E-state index < -0.39 is 0 Å². The molecule has 2 atom stereocenters. The molecule has 1 heterocycles. The van der Waals surface area contributed by atoms with Crippen molar-refractivity contribution in [1.82, 2.24) is 0 Å². The second kappa shape index (κ2) is 10.0. The minimum atomic E-state index is 0.0990. The molecule has 0 saturated carbocycles. The Labute approximate surface area is 127 Å². The first kappa shape index (κ1) is 16.3. The van der Waals surface area contributed by atoms with Crippen molar-refractivity contribution in [3.05, 3.63) is 35.9 Å². The van der Waals surface area contributed by atoms with Crippen molar-refractivity contribution < 1.29 is 9.47 Å². The summed E-state index contributed by atoms with van der Waals surface area (Å²) in [7, 11) is 0. The molecule has 0 radical (unpaired) electrons. The van der Waals surface area contributed by atoms with E-state index in [2.05, 4.69) is 15.9 Å². The lowest BCUT2D eigenvalue weighted by Crippen LogP contribution is -2.15. The molecule has 1 aromatic carbocycles. The van der Waals surface area contributed by atoms with Gasteiger partial charge in [0.25, 0.3) is 0 Å². The van der Waals surface area contributed by atoms with Gasteiger partial charge in [0.2, 0.25) is 0 Å². The molecule has 0 N–H and O–H groups in total. The molecular formula is C13H17BrCl2O2. The van der Waals surface area contributed by atoms with Crippen LogP contribution in [0.4, 0.5) is 0 Å². The van der Waals surface area contributed by atoms with Crippen LogP contribution in [0.15, 0.2) is 30.3 Å². The van der Waals surface area contributed by atoms with Crippen molar-refractivity contribution in [2.75, 3.05) is 23.7 Å². The Hall–Kier alpha value is 0.200. The van der Waals surface area contributed by atoms with Crippen molar-refractivity contribution in [3.63, 3.8) is 0 Å². The number of rotatable bonds is 6. The van der Waals surface area contributed by atoms with Crippen LogP contribution in [-0.4, -0.2) is 35.9 Å². The Morgan fingerprint density at radius 2 is 2.00 bits per heavy atom. The molecule has 2 unspecified atom stereocenters. The molecule has 1 aliphatic rings. The van der Waals surface area contributed by atoms with Crippen molar-refractivity contribution in [1.29, 1.82) is 0 Å². The summed E-state index contributed by atoms with van der Waals surface area (Å²) in [4.78, 5) is 0. The predicted octanol–water partition coefficient (Wildman–Crippen LogP) is 3.83. The molecule has 102 valence electrons. The van der Waals surface area contributed by atoms with E-state index in [0.29, 0.717) is 24.5 Å². The number of epoxide rings is 1. The lowest BCUT2D eigenvalue weighted by molar-refractivity contribution is 0.0717. The van der Waals surface area contributed by atoms with Crippen LogP contribution in [0.25, 0.3) is 0 Å². The van der Waals surface area contributed by atoms with Gasteiger partial charge in [0.1, 0.15) is 0 Å². The fraction of sp³-hybridized carbons (Fsp3) is 0.538. The Kier molecular flexibility index (Phi) is 9.07. The molecular weight excluding hydrogens is 339 g/mol. The molecule has 18 heavy (non-hydrogen) atoms. The number of benzene rings is 1. The largest absolute Gasteiger partial charge is 0.372 e. The van der Waals surface area contributed by atoms with Crippen LogP contribution in [0.3, 0.4) is 0 Å². The van der Waals surface area contributed by atoms with Crippen LogP contribution < -0.4 is 0 Å². The van der Waals surface area contributed by atoms with Gasteiger partial charge in [-0.15, -0.1) is 23.2 Å². The lowest BCUT2D eigenvalue weighted by atomic mass is 10.2. The van der Waals surface area contributed by atoms with Crippen LogP contribution in [-0.2, 0) is 16.1 Å². The zero-order valence-corrected chi connectivity index (χ0v) is 13.1. The number of hydrogen-bond acceptors (Lipinski definition) is 2. The summed E-state index contributed by atoms with van der Waals surface area (Å²) >= 11 is 14.3. The monoisotopic (exact) mass is 354 g/mol. The first-order valence-electron chi connectivity index (χ1n) is 5.75. The van der Waals surface area contributed by atoms with Gasteiger partial charge in [-0.3, -0.25) is 0 Å². The van der Waals surface area contributed by atoms with E-state index in [1.807, 2.05) is 30.3 Å². The van der Waals surface area contributed by atoms with Gasteiger partial charge >= 0.3 is 0 Å². The average molecular weight is 356 g/mol. The highest BCUT2D eigenvalue weighted by atomic mass is 79.9. The lowest BCUT2D eigenvalue weighted by Gasteiger charge is -2.11. The smallest absolute Gasteiger partial charge is 0.0944 e. The van der Waals surface area contributed by atoms with Crippen LogP contribution in [0.2, 0.25) is 0 Å². The van der Waals surface area contributed by atoms with E-state index in [1.165, 1.54) is 5.56 Å². The van der Waals surface area contributed by atoms with Gasteiger partial charge in [0.05, 0.1) is 31.3 Å². The van der Waals surface area contributed by atoms with Crippen LogP contribution >= 0.6 is 39.1 Å². The van der Waals surface area contributed by atoms with Gasteiger partial charge in [-0.1, -0.05) is 46.3 Å². The Bertz CT molecular complexity index is 303. The summed E-state index contributed by atoms with van der Waals surface area (Å²) in [5.74, 6) is 1.19. The van der Waals surface area contributed by atoms with Crippen molar-refractivity contribution in [2.45, 2.75) is 18.8 Å². The third-order valence-corrected chi connectivity index (χ3v) is 3.66. The second-order valence-corrected chi connectivity index (χ2v) is 5.10. The number of alkyl halides is 3. The highest BCUT2D eigenvalue weighted by Crippen LogP contribution is 2.08. The Morgan fingerprint density at radius 3 is 2.39 bits per heavy atom. The molecule has 1 aliphatic heterocycles. The summed E-state index contributed by atoms with van der Waals surface area (Å²) in [5.41, 5.74) is 1.18. The molecule has 2 rings (SSSR count). The average Bonchev–Trinajstić information content (AvgIpc) is 3.26. The molecule has 1 fully saturated rings. The fourth-order valence-corrected chi connectivity index (χ4v) is 2.13. The fourth-order valence-electron chi connectivity index (χ4n) is 1.08. The summed E-state index contributed by atoms with van der Waals surface area (Å²) in [6, 6.07) is 10.1. The molecule has 1 saturated heterocycles. The normalized spacial score (nSPS) is 18.7. The van der Waals surface area contributed by atoms with Gasteiger partial charge in [0, 0.05) is 11.2 Å². The Balaban J connectivity index is 0.000000269. The highest BCUT2D eigenvalue weighted by molar-refractivity contribution is 9.09. The molecule has 1 aromatic rings. The molecule has 0 amide bonds. The van der Waals surface area contributed by atoms with Gasteiger partial charge in [-0.05, 0) is 5.56 Å². The number of hydrogen-bond donors (Lipinski definition) is 0. The quantitative estimate of drug-likeness (QED) is 0.571. The van der Waals surface area contributed by atoms with E-state index in [4.69, 9.17) is 32.7 Å². The summed E-state index contributed by atoms with van der Waals surface area (Å²) < 4.78 is 10.3. The molecule has 0 aliphatic carbocycles. The molecule has 0 aromatic heterocycles. The minimum absolute atomic E-state index is 0.0990. The molecule has 5 heteroatoms. The van der Waals surface area contributed by atoms with Crippen molar-refractivity contribution in [3.8, 4) is 0 Å². The molecule has 2 nitrogen and oxygen atoms in total. The summed E-state index contributed by atoms with van der Waals surface area (Å²) in [5, 5.41) is 0.781. The van der Waals surface area contributed by atoms with Gasteiger partial charge in [-0.25, -0.2) is 0 Å². The van der Waals surface area contributed by atoms with Crippen LogP contribution in [0.1, 0.15) is 5.56 Å². The van der Waals surface area contributed by atoms with Crippen molar-refractivity contribution >= 4 is 39.1 Å². The topological polar surface area (TPSA) is 21.8 Å². The van der Waals surface area contributed by atoms with E-state index in [1.54, 1.807) is 0 Å². The Morgan fingerprint density at radius 1 is 1.33 bits per heavy atom. The third-order valence-electron chi connectivity index (χ3n) is 2.25. The SMILES string of the molecule is ClCC(CBr)OCc1ccccc1.ClCC1CO1. The number of halogens is 3. The maximum Gasteiger partial charge on any atom is 0.0944 e. The van der Waals surface area contributed by atoms with Crippen LogP contribution in [0.5, 0.6) is 0 Å². The minimum Gasteiger partial charge on any atom is -0.372 e. The van der Waals surface area contributed by atoms with Gasteiger partial charge in [0.15, 0.2) is 0 Å². The first-order valence-corrected chi connectivity index (χ1v) is 7.94. The van der Waals surface area contributed by atoms with E-state index in [0.717, 1.165) is 11.9 Å². The van der Waals surface area contributed by atoms with Gasteiger partial charge < -0.3 is 9.47 Å². The van der Waals surface area contributed by atoms with Crippen molar-refractivity contribution in [2.24, 2.45) is 0 Å². The van der Waals surface area contributed by atoms with E-state index in [-0.39, 0.29) is 6.10 Å². The zero-order valence-electron chi connectivity index (χ0n) is 10.0. The predicted molar refractivity (Wildman–Crippen MR) is 80.0 cm³/mol. The summed E-state index contributed by atoms with van der Waals surface area (Å²) in [6.45, 7) is 1.51. The van der Waals surface area contributed by atoms with E-state index in [9.17, 15) is 0 Å². The standard InChI is InChI=1S/C10H12BrClO.C3H5ClO/c11-6-10(7-12)13-8-9-4-2-1-3-5-9;4-1-3-2-5-3/h1-5,10H,6-8H2;3H,1-2H2. The second-order valence-electron chi connectivity index (χ2n) is 3.84. The van der Waals surface area contributed by atoms with Gasteiger partial charge in [-0.2, -0.15) is 0 Å². The molecule has 0 bridgehead atoms. The summed E-state index contributed by atoms with van der Waals surface area (Å²) in [6.07, 6.45) is 0.499. The maximum absolute atomic E-state index is 5.68. The highest BCUT2D eigenvalue weighted by Gasteiger charge is 2.19. The molecule has 0 spiro atoms. The van der Waals surface area contributed by atoms with E-state index >= 15 is 0 Å². The zero-order chi connectivity index (χ0) is 13.2. The third kappa shape index (κ3) is 7.59. The maximum atomic E-state index is 5.68.